The summed E-state index contributed by atoms with van der Waals surface area (Å²) in [4.78, 5) is 29.7. The molecule has 0 aliphatic heterocycles. The van der Waals surface area contributed by atoms with Crippen LogP contribution in [0, 0.1) is 18.8 Å². The predicted octanol–water partition coefficient (Wildman–Crippen LogP) is 8.21. The number of benzene rings is 2. The van der Waals surface area contributed by atoms with Crippen molar-refractivity contribution in [2.24, 2.45) is 0 Å². The van der Waals surface area contributed by atoms with Crippen molar-refractivity contribution >= 4 is 17.4 Å². The van der Waals surface area contributed by atoms with Crippen molar-refractivity contribution in [1.29, 1.82) is 0 Å². The molecule has 3 aromatic rings. The van der Waals surface area contributed by atoms with Crippen molar-refractivity contribution < 1.29 is 4.79 Å². The van der Waals surface area contributed by atoms with Crippen molar-refractivity contribution in [2.45, 2.75) is 86.6 Å². The summed E-state index contributed by atoms with van der Waals surface area (Å²) >= 11 is 0. The zero-order valence-corrected chi connectivity index (χ0v) is 26.7. The number of nitrogens with one attached hydrogen (secondary N) is 2. The molecule has 0 aliphatic rings. The van der Waals surface area contributed by atoms with Crippen molar-refractivity contribution in [3.05, 3.63) is 81.3 Å². The minimum absolute atomic E-state index is 0.210. The molecule has 2 aromatic carbocycles. The number of carbonyl (C=O) groups excluding carboxylic acids is 1. The quantitative estimate of drug-likeness (QED) is 0.229. The fourth-order valence-corrected chi connectivity index (χ4v) is 5.19. The van der Waals surface area contributed by atoms with Crippen molar-refractivity contribution in [3.63, 3.8) is 0 Å². The zero-order chi connectivity index (χ0) is 30.8. The fraction of sp³-hybridized carbons (Fsp3) is 0.444. The normalized spacial score (nSPS) is 11.1. The van der Waals surface area contributed by atoms with Gasteiger partial charge >= 0.3 is 6.03 Å². The summed E-state index contributed by atoms with van der Waals surface area (Å²) in [5, 5.41) is 6.10. The third-order valence-corrected chi connectivity index (χ3v) is 7.65. The van der Waals surface area contributed by atoms with Crippen LogP contribution in [0.4, 0.5) is 16.2 Å². The van der Waals surface area contributed by atoms with Crippen LogP contribution in [0.2, 0.25) is 0 Å². The number of carbonyl (C=O) groups is 1. The van der Waals surface area contributed by atoms with Gasteiger partial charge in [0.05, 0.1) is 6.54 Å². The van der Waals surface area contributed by atoms with Crippen LogP contribution in [0.5, 0.6) is 0 Å². The first-order chi connectivity index (χ1) is 20.1. The molecule has 2 N–H and O–H groups in total. The van der Waals surface area contributed by atoms with E-state index in [1.807, 2.05) is 43.5 Å². The van der Waals surface area contributed by atoms with Gasteiger partial charge in [0.1, 0.15) is 5.69 Å². The molecule has 0 aliphatic carbocycles. The molecule has 0 atom stereocenters. The third kappa shape index (κ3) is 8.14. The van der Waals surface area contributed by atoms with Gasteiger partial charge in [0.2, 0.25) is 0 Å². The third-order valence-electron chi connectivity index (χ3n) is 7.65. The number of pyridine rings is 1. The molecule has 0 bridgehead atoms. The van der Waals surface area contributed by atoms with Crippen molar-refractivity contribution in [2.75, 3.05) is 30.3 Å². The highest BCUT2D eigenvalue weighted by Crippen LogP contribution is 2.33. The van der Waals surface area contributed by atoms with E-state index in [9.17, 15) is 9.59 Å². The number of hydrogen-bond donors (Lipinski definition) is 2. The van der Waals surface area contributed by atoms with Crippen LogP contribution in [0.25, 0.3) is 11.1 Å². The van der Waals surface area contributed by atoms with Crippen molar-refractivity contribution in [3.8, 4) is 23.0 Å². The maximum Gasteiger partial charge on any atom is 0.323 e. The summed E-state index contributed by atoms with van der Waals surface area (Å²) in [5.74, 6) is 7.01. The Morgan fingerprint density at radius 2 is 1.55 bits per heavy atom. The molecule has 0 saturated carbocycles. The van der Waals surface area contributed by atoms with Crippen LogP contribution in [-0.2, 0) is 6.54 Å². The SMILES string of the molecule is CCCCn1cc(C)c(-c2cccc(C#CCN(CC)CC)c2)c(NC(=O)Nc2c(C(C)C)cccc2C(C)C)c1=O. The van der Waals surface area contributed by atoms with Crippen LogP contribution in [0.3, 0.4) is 0 Å². The Balaban J connectivity index is 2.07. The maximum atomic E-state index is 13.8. The fourth-order valence-electron chi connectivity index (χ4n) is 5.19. The highest BCUT2D eigenvalue weighted by molar-refractivity contribution is 6.03. The average molecular weight is 569 g/mol. The first kappa shape index (κ1) is 32.7. The van der Waals surface area contributed by atoms with Gasteiger partial charge in [0, 0.05) is 29.6 Å². The molecular weight excluding hydrogens is 520 g/mol. The molecule has 0 fully saturated rings. The Morgan fingerprint density at radius 1 is 0.929 bits per heavy atom. The first-order valence-electron chi connectivity index (χ1n) is 15.4. The lowest BCUT2D eigenvalue weighted by Gasteiger charge is -2.21. The summed E-state index contributed by atoms with van der Waals surface area (Å²) in [6.45, 7) is 20.0. The summed E-state index contributed by atoms with van der Waals surface area (Å²) in [6.07, 6.45) is 3.75. The number of urea groups is 1. The summed E-state index contributed by atoms with van der Waals surface area (Å²) in [7, 11) is 0. The Kier molecular flexibility index (Phi) is 12.0. The van der Waals surface area contributed by atoms with Crippen LogP contribution in [0.1, 0.15) is 95.4 Å². The van der Waals surface area contributed by atoms with Crippen molar-refractivity contribution in [1.82, 2.24) is 9.47 Å². The molecule has 0 spiro atoms. The van der Waals surface area contributed by atoms with E-state index in [1.165, 1.54) is 0 Å². The van der Waals surface area contributed by atoms with E-state index in [0.717, 1.165) is 65.0 Å². The molecule has 3 rings (SSSR count). The lowest BCUT2D eigenvalue weighted by Crippen LogP contribution is -2.30. The summed E-state index contributed by atoms with van der Waals surface area (Å²) < 4.78 is 1.72. The second-order valence-electron chi connectivity index (χ2n) is 11.5. The largest absolute Gasteiger partial charge is 0.323 e. The maximum absolute atomic E-state index is 13.8. The number of aryl methyl sites for hydroxylation is 2. The van der Waals surface area contributed by atoms with Gasteiger partial charge in [-0.3, -0.25) is 9.69 Å². The number of hydrogen-bond acceptors (Lipinski definition) is 3. The lowest BCUT2D eigenvalue weighted by molar-refractivity contribution is 0.262. The van der Waals surface area contributed by atoms with E-state index in [2.05, 4.69) is 88.0 Å². The summed E-state index contributed by atoms with van der Waals surface area (Å²) in [5.41, 5.74) is 6.37. The predicted molar refractivity (Wildman–Crippen MR) is 178 cm³/mol. The number of aromatic nitrogens is 1. The number of anilines is 2. The minimum atomic E-state index is -0.425. The smallest absolute Gasteiger partial charge is 0.313 e. The lowest BCUT2D eigenvalue weighted by atomic mass is 9.93. The molecule has 42 heavy (non-hydrogen) atoms. The van der Waals surface area contributed by atoms with E-state index in [4.69, 9.17) is 0 Å². The van der Waals surface area contributed by atoms with Crippen LogP contribution in [-0.4, -0.2) is 35.1 Å². The Hall–Kier alpha value is -3.82. The van der Waals surface area contributed by atoms with Gasteiger partial charge in [0.25, 0.3) is 5.56 Å². The van der Waals surface area contributed by atoms with Gasteiger partial charge < -0.3 is 15.2 Å². The van der Waals surface area contributed by atoms with Crippen LogP contribution < -0.4 is 16.2 Å². The number of amides is 2. The van der Waals surface area contributed by atoms with Gasteiger partial charge in [-0.2, -0.15) is 0 Å². The highest BCUT2D eigenvalue weighted by atomic mass is 16.2. The molecule has 1 aromatic heterocycles. The van der Waals surface area contributed by atoms with E-state index >= 15 is 0 Å². The van der Waals surface area contributed by atoms with Gasteiger partial charge in [-0.05, 0) is 72.7 Å². The molecule has 0 saturated heterocycles. The number of unbranched alkanes of at least 4 members (excludes halogenated alkanes) is 1. The van der Waals surface area contributed by atoms with Gasteiger partial charge in [-0.1, -0.05) is 97.1 Å². The number of nitrogens with zero attached hydrogens (tertiary/aromatic N) is 2. The molecular formula is C36H48N4O2. The second kappa shape index (κ2) is 15.4. The molecule has 6 heteroatoms. The molecule has 1 heterocycles. The minimum Gasteiger partial charge on any atom is -0.313 e. The van der Waals surface area contributed by atoms with Crippen LogP contribution >= 0.6 is 0 Å². The van der Waals surface area contributed by atoms with Gasteiger partial charge in [0.15, 0.2) is 0 Å². The Bertz CT molecular complexity index is 1460. The topological polar surface area (TPSA) is 66.4 Å². The van der Waals surface area contributed by atoms with Gasteiger partial charge in [-0.25, -0.2) is 4.79 Å². The molecule has 0 unspecified atom stereocenters. The molecule has 0 radical (unpaired) electrons. The first-order valence-corrected chi connectivity index (χ1v) is 15.4. The Labute approximate surface area is 252 Å². The monoisotopic (exact) mass is 568 g/mol. The highest BCUT2D eigenvalue weighted by Gasteiger charge is 2.20. The van der Waals surface area contributed by atoms with E-state index < -0.39 is 6.03 Å². The van der Waals surface area contributed by atoms with E-state index in [0.29, 0.717) is 13.1 Å². The number of rotatable bonds is 11. The average Bonchev–Trinajstić information content (AvgIpc) is 2.96. The van der Waals surface area contributed by atoms with Gasteiger partial charge in [-0.15, -0.1) is 0 Å². The Morgan fingerprint density at radius 3 is 2.14 bits per heavy atom. The molecule has 224 valence electrons. The van der Waals surface area contributed by atoms with E-state index in [-0.39, 0.29) is 23.1 Å². The summed E-state index contributed by atoms with van der Waals surface area (Å²) in [6, 6.07) is 13.6. The van der Waals surface area contributed by atoms with E-state index in [1.54, 1.807) is 4.57 Å². The zero-order valence-electron chi connectivity index (χ0n) is 26.7. The molecule has 6 nitrogen and oxygen atoms in total. The standard InChI is InChI=1S/C36H48N4O2/c1-9-12-22-40-24-27(8)32(29-18-13-16-28(23-29)17-15-21-39(10-2)11-3)34(35(40)41)38-36(42)37-33-30(25(4)5)19-14-20-31(33)26(6)7/h13-14,16,18-20,23-26H,9-12,21-22H2,1-8H3,(H2,37,38,42). The number of para-hydroxylation sites is 1. The van der Waals surface area contributed by atoms with Crippen LogP contribution in [0.15, 0.2) is 53.5 Å². The second-order valence-corrected chi connectivity index (χ2v) is 11.5. The molecule has 2 amide bonds.